The van der Waals surface area contributed by atoms with Crippen LogP contribution >= 0.6 is 0 Å². The first-order valence-corrected chi connectivity index (χ1v) is 8.49. The lowest BCUT2D eigenvalue weighted by molar-refractivity contribution is -0.121. The van der Waals surface area contributed by atoms with Crippen LogP contribution < -0.4 is 10.6 Å². The number of hydrogen-bond acceptors (Lipinski definition) is 5. The van der Waals surface area contributed by atoms with E-state index in [1.807, 2.05) is 69.2 Å². The molecule has 1 atom stereocenters. The van der Waals surface area contributed by atoms with Gasteiger partial charge in [0.1, 0.15) is 6.04 Å². The molecule has 0 aliphatic rings. The molecule has 134 valence electrons. The Kier molecular flexibility index (Phi) is 6.89. The maximum Gasteiger partial charge on any atom is 0.242 e. The topological polar surface area (TPSA) is 70.2 Å². The number of hydrogen-bond donors (Lipinski definition) is 2. The normalized spacial score (nSPS) is 12.0. The molecule has 1 heterocycles. The SMILES string of the molecule is Cc1cc(C)nc(NC(Cc2ccccc2)C(=O)NCCN(C)C)n1. The van der Waals surface area contributed by atoms with E-state index in [1.165, 1.54) is 0 Å². The number of rotatable bonds is 8. The van der Waals surface area contributed by atoms with Gasteiger partial charge in [0.2, 0.25) is 11.9 Å². The Bertz CT molecular complexity index is 667. The van der Waals surface area contributed by atoms with Crippen molar-refractivity contribution in [1.82, 2.24) is 20.2 Å². The molecule has 0 aliphatic carbocycles. The van der Waals surface area contributed by atoms with Crippen LogP contribution in [0.3, 0.4) is 0 Å². The Hall–Kier alpha value is -2.47. The van der Waals surface area contributed by atoms with E-state index < -0.39 is 6.04 Å². The highest BCUT2D eigenvalue weighted by atomic mass is 16.2. The Morgan fingerprint density at radius 2 is 1.76 bits per heavy atom. The van der Waals surface area contributed by atoms with E-state index in [0.29, 0.717) is 18.9 Å². The summed E-state index contributed by atoms with van der Waals surface area (Å²) in [4.78, 5) is 23.5. The smallest absolute Gasteiger partial charge is 0.242 e. The lowest BCUT2D eigenvalue weighted by atomic mass is 10.1. The zero-order valence-electron chi connectivity index (χ0n) is 15.4. The number of nitrogens with zero attached hydrogens (tertiary/aromatic N) is 3. The molecule has 0 bridgehead atoms. The van der Waals surface area contributed by atoms with Gasteiger partial charge in [0.05, 0.1) is 0 Å². The van der Waals surface area contributed by atoms with Gasteiger partial charge in [-0.2, -0.15) is 0 Å². The zero-order chi connectivity index (χ0) is 18.2. The third kappa shape index (κ3) is 6.51. The first kappa shape index (κ1) is 18.9. The number of carbonyl (C=O) groups is 1. The van der Waals surface area contributed by atoms with Crippen LogP contribution in [-0.4, -0.2) is 54.0 Å². The van der Waals surface area contributed by atoms with Gasteiger partial charge in [0, 0.05) is 30.9 Å². The number of likely N-dealkylation sites (N-methyl/N-ethyl adjacent to an activating group) is 1. The average Bonchev–Trinajstić information content (AvgIpc) is 2.54. The lowest BCUT2D eigenvalue weighted by Crippen LogP contribution is -2.43. The van der Waals surface area contributed by atoms with Crippen LogP contribution in [0.15, 0.2) is 36.4 Å². The predicted molar refractivity (Wildman–Crippen MR) is 101 cm³/mol. The summed E-state index contributed by atoms with van der Waals surface area (Å²) in [5.41, 5.74) is 2.84. The van der Waals surface area contributed by atoms with Crippen molar-refractivity contribution < 1.29 is 4.79 Å². The van der Waals surface area contributed by atoms with Crippen LogP contribution in [0.4, 0.5) is 5.95 Å². The maximum atomic E-state index is 12.7. The first-order valence-electron chi connectivity index (χ1n) is 8.49. The predicted octanol–water partition coefficient (Wildman–Crippen LogP) is 1.79. The number of aromatic nitrogens is 2. The van der Waals surface area contributed by atoms with Crippen molar-refractivity contribution in [3.63, 3.8) is 0 Å². The summed E-state index contributed by atoms with van der Waals surface area (Å²) in [5.74, 6) is 0.439. The summed E-state index contributed by atoms with van der Waals surface area (Å²) in [5, 5.41) is 6.18. The standard InChI is InChI=1S/C19H27N5O/c1-14-12-15(2)22-19(21-14)23-17(13-16-8-6-5-7-9-16)18(25)20-10-11-24(3)4/h5-9,12,17H,10-11,13H2,1-4H3,(H,20,25)(H,21,22,23). The monoisotopic (exact) mass is 341 g/mol. The highest BCUT2D eigenvalue weighted by molar-refractivity contribution is 5.84. The van der Waals surface area contributed by atoms with Gasteiger partial charge in [-0.3, -0.25) is 4.79 Å². The second-order valence-electron chi connectivity index (χ2n) is 6.46. The minimum absolute atomic E-state index is 0.0477. The van der Waals surface area contributed by atoms with Crippen LogP contribution in [0, 0.1) is 13.8 Å². The first-order chi connectivity index (χ1) is 11.9. The molecule has 0 radical (unpaired) electrons. The minimum atomic E-state index is -0.425. The molecule has 1 aromatic carbocycles. The van der Waals surface area contributed by atoms with E-state index >= 15 is 0 Å². The molecule has 6 nitrogen and oxygen atoms in total. The molecule has 0 fully saturated rings. The molecule has 1 amide bonds. The second-order valence-corrected chi connectivity index (χ2v) is 6.46. The molecule has 1 aromatic heterocycles. The van der Waals surface area contributed by atoms with Crippen LogP contribution in [0.2, 0.25) is 0 Å². The number of carbonyl (C=O) groups excluding carboxylic acids is 1. The molecular formula is C19H27N5O. The fraction of sp³-hybridized carbons (Fsp3) is 0.421. The summed E-state index contributed by atoms with van der Waals surface area (Å²) in [6.07, 6.45) is 0.574. The highest BCUT2D eigenvalue weighted by Crippen LogP contribution is 2.10. The van der Waals surface area contributed by atoms with Crippen molar-refractivity contribution in [1.29, 1.82) is 0 Å². The lowest BCUT2D eigenvalue weighted by Gasteiger charge is -2.20. The van der Waals surface area contributed by atoms with Crippen molar-refractivity contribution in [2.45, 2.75) is 26.3 Å². The van der Waals surface area contributed by atoms with Gasteiger partial charge in [-0.25, -0.2) is 9.97 Å². The van der Waals surface area contributed by atoms with Gasteiger partial charge < -0.3 is 15.5 Å². The van der Waals surface area contributed by atoms with Gasteiger partial charge in [-0.05, 0) is 39.6 Å². The van der Waals surface area contributed by atoms with Crippen molar-refractivity contribution in [2.75, 3.05) is 32.5 Å². The van der Waals surface area contributed by atoms with E-state index in [2.05, 4.69) is 20.6 Å². The summed E-state index contributed by atoms with van der Waals surface area (Å²) in [7, 11) is 3.96. The van der Waals surface area contributed by atoms with Crippen LogP contribution in [0.25, 0.3) is 0 Å². The third-order valence-corrected chi connectivity index (χ3v) is 3.74. The number of benzene rings is 1. The summed E-state index contributed by atoms with van der Waals surface area (Å²) >= 11 is 0. The molecular weight excluding hydrogens is 314 g/mol. The maximum absolute atomic E-state index is 12.7. The van der Waals surface area contributed by atoms with Crippen LogP contribution in [0.5, 0.6) is 0 Å². The van der Waals surface area contributed by atoms with E-state index in [4.69, 9.17) is 0 Å². The number of nitrogens with one attached hydrogen (secondary N) is 2. The fourth-order valence-corrected chi connectivity index (χ4v) is 2.53. The average molecular weight is 341 g/mol. The van der Waals surface area contributed by atoms with Crippen molar-refractivity contribution in [3.05, 3.63) is 53.3 Å². The Morgan fingerprint density at radius 1 is 1.12 bits per heavy atom. The molecule has 0 saturated heterocycles. The number of aryl methyl sites for hydroxylation is 2. The van der Waals surface area contributed by atoms with E-state index in [9.17, 15) is 4.79 Å². The van der Waals surface area contributed by atoms with Gasteiger partial charge in [0.25, 0.3) is 0 Å². The zero-order valence-corrected chi connectivity index (χ0v) is 15.4. The van der Waals surface area contributed by atoms with Gasteiger partial charge in [-0.1, -0.05) is 30.3 Å². The van der Waals surface area contributed by atoms with E-state index in [1.54, 1.807) is 0 Å². The second kappa shape index (κ2) is 9.13. The van der Waals surface area contributed by atoms with Crippen molar-refractivity contribution >= 4 is 11.9 Å². The largest absolute Gasteiger partial charge is 0.353 e. The van der Waals surface area contributed by atoms with E-state index in [0.717, 1.165) is 23.5 Å². The summed E-state index contributed by atoms with van der Waals surface area (Å²) in [6.45, 7) is 5.24. The highest BCUT2D eigenvalue weighted by Gasteiger charge is 2.20. The molecule has 2 N–H and O–H groups in total. The number of amides is 1. The Labute approximate surface area is 149 Å². The molecule has 2 rings (SSSR count). The molecule has 1 unspecified atom stereocenters. The summed E-state index contributed by atoms with van der Waals surface area (Å²) < 4.78 is 0. The quantitative estimate of drug-likeness (QED) is 0.766. The van der Waals surface area contributed by atoms with Crippen LogP contribution in [-0.2, 0) is 11.2 Å². The summed E-state index contributed by atoms with van der Waals surface area (Å²) in [6, 6.07) is 11.4. The number of anilines is 1. The molecule has 6 heteroatoms. The van der Waals surface area contributed by atoms with Gasteiger partial charge in [-0.15, -0.1) is 0 Å². The minimum Gasteiger partial charge on any atom is -0.353 e. The molecule has 25 heavy (non-hydrogen) atoms. The Morgan fingerprint density at radius 3 is 2.36 bits per heavy atom. The fourth-order valence-electron chi connectivity index (χ4n) is 2.53. The van der Waals surface area contributed by atoms with Crippen molar-refractivity contribution in [3.8, 4) is 0 Å². The third-order valence-electron chi connectivity index (χ3n) is 3.74. The van der Waals surface area contributed by atoms with Gasteiger partial charge >= 0.3 is 0 Å². The van der Waals surface area contributed by atoms with Gasteiger partial charge in [0.15, 0.2) is 0 Å². The molecule has 2 aromatic rings. The molecule has 0 saturated carbocycles. The van der Waals surface area contributed by atoms with E-state index in [-0.39, 0.29) is 5.91 Å². The molecule has 0 aliphatic heterocycles. The van der Waals surface area contributed by atoms with Crippen LogP contribution in [0.1, 0.15) is 17.0 Å². The van der Waals surface area contributed by atoms with Crippen molar-refractivity contribution in [2.24, 2.45) is 0 Å². The molecule has 0 spiro atoms. The Balaban J connectivity index is 2.11.